The fourth-order valence-corrected chi connectivity index (χ4v) is 5.75. The number of fused-ring (bicyclic) bond motifs is 2. The Bertz CT molecular complexity index is 1420. The standard InChI is InChI=1S/C27H27F4N5O3/c28-19-13-15(5-7-18(19)27(29,30)31)24-32-21-8-6-16(14-22(21)39-24)25(38)35-9-11-36(12-10-35)26-33-20-4-2-1-3-17(20)23(37)34-26/h5-8,13-14,17,20,26,33H,1-4,9-12H2,(H,34,37). The van der Waals surface area contributed by atoms with Crippen molar-refractivity contribution in [3.63, 3.8) is 0 Å². The molecule has 0 radical (unpaired) electrons. The lowest BCUT2D eigenvalue weighted by Crippen LogP contribution is -2.69. The first kappa shape index (κ1) is 25.8. The van der Waals surface area contributed by atoms with Crippen molar-refractivity contribution < 1.29 is 31.6 Å². The summed E-state index contributed by atoms with van der Waals surface area (Å²) in [5, 5.41) is 6.66. The topological polar surface area (TPSA) is 90.7 Å². The largest absolute Gasteiger partial charge is 0.436 e. The number of halogens is 4. The van der Waals surface area contributed by atoms with Gasteiger partial charge in [0.15, 0.2) is 5.58 Å². The second-order valence-electron chi connectivity index (χ2n) is 10.3. The van der Waals surface area contributed by atoms with Crippen LogP contribution in [0.15, 0.2) is 40.8 Å². The van der Waals surface area contributed by atoms with Crippen LogP contribution >= 0.6 is 0 Å². The fourth-order valence-electron chi connectivity index (χ4n) is 5.75. The number of carbonyl (C=O) groups is 2. The van der Waals surface area contributed by atoms with E-state index in [-0.39, 0.29) is 47.1 Å². The zero-order chi connectivity index (χ0) is 27.3. The number of hydrogen-bond acceptors (Lipinski definition) is 6. The van der Waals surface area contributed by atoms with Gasteiger partial charge in [0.25, 0.3) is 5.91 Å². The van der Waals surface area contributed by atoms with Crippen molar-refractivity contribution >= 4 is 22.9 Å². The number of nitrogens with zero attached hydrogens (tertiary/aromatic N) is 3. The number of aromatic nitrogens is 1. The summed E-state index contributed by atoms with van der Waals surface area (Å²) in [5.74, 6) is -1.52. The van der Waals surface area contributed by atoms with Crippen molar-refractivity contribution in [1.29, 1.82) is 0 Å². The summed E-state index contributed by atoms with van der Waals surface area (Å²) in [5.41, 5.74) is -0.261. The first-order valence-corrected chi connectivity index (χ1v) is 13.0. The number of carbonyl (C=O) groups excluding carboxylic acids is 2. The maximum absolute atomic E-state index is 14.0. The average Bonchev–Trinajstić information content (AvgIpc) is 3.36. The van der Waals surface area contributed by atoms with E-state index >= 15 is 0 Å². The Morgan fingerprint density at radius 1 is 1.03 bits per heavy atom. The maximum atomic E-state index is 14.0. The van der Waals surface area contributed by atoms with Gasteiger partial charge in [0.2, 0.25) is 11.8 Å². The van der Waals surface area contributed by atoms with E-state index in [0.717, 1.165) is 37.8 Å². The molecule has 2 amide bonds. The molecule has 3 aromatic rings. The van der Waals surface area contributed by atoms with Gasteiger partial charge in [0.05, 0.1) is 11.5 Å². The monoisotopic (exact) mass is 545 g/mol. The molecule has 8 nitrogen and oxygen atoms in total. The van der Waals surface area contributed by atoms with Gasteiger partial charge in [0, 0.05) is 43.3 Å². The molecule has 3 unspecified atom stereocenters. The first-order chi connectivity index (χ1) is 18.7. The molecule has 2 aliphatic heterocycles. The molecule has 6 rings (SSSR count). The van der Waals surface area contributed by atoms with E-state index in [0.29, 0.717) is 43.3 Å². The number of benzene rings is 2. The summed E-state index contributed by atoms with van der Waals surface area (Å²) in [6, 6.07) is 7.41. The van der Waals surface area contributed by atoms with E-state index in [9.17, 15) is 27.2 Å². The molecule has 2 aromatic carbocycles. The van der Waals surface area contributed by atoms with E-state index in [1.54, 1.807) is 17.0 Å². The number of piperazine rings is 1. The summed E-state index contributed by atoms with van der Waals surface area (Å²) < 4.78 is 58.3. The third kappa shape index (κ3) is 4.98. The van der Waals surface area contributed by atoms with E-state index in [4.69, 9.17) is 4.42 Å². The van der Waals surface area contributed by atoms with Crippen LogP contribution in [0.5, 0.6) is 0 Å². The van der Waals surface area contributed by atoms with E-state index < -0.39 is 17.6 Å². The van der Waals surface area contributed by atoms with Crippen molar-refractivity contribution in [2.75, 3.05) is 26.2 Å². The highest BCUT2D eigenvalue weighted by atomic mass is 19.4. The minimum atomic E-state index is -4.80. The summed E-state index contributed by atoms with van der Waals surface area (Å²) in [4.78, 5) is 33.9. The van der Waals surface area contributed by atoms with Crippen LogP contribution in [0.1, 0.15) is 41.6 Å². The first-order valence-electron chi connectivity index (χ1n) is 13.0. The number of alkyl halides is 3. The Morgan fingerprint density at radius 2 is 1.79 bits per heavy atom. The highest BCUT2D eigenvalue weighted by Gasteiger charge is 2.40. The fraction of sp³-hybridized carbons (Fsp3) is 0.444. The molecule has 3 atom stereocenters. The lowest BCUT2D eigenvalue weighted by atomic mass is 9.82. The Balaban J connectivity index is 1.12. The van der Waals surface area contributed by atoms with Crippen LogP contribution in [0.3, 0.4) is 0 Å². The molecule has 1 saturated carbocycles. The van der Waals surface area contributed by atoms with Gasteiger partial charge in [-0.3, -0.25) is 19.8 Å². The van der Waals surface area contributed by atoms with Crippen LogP contribution in [0.4, 0.5) is 17.6 Å². The number of nitrogens with one attached hydrogen (secondary N) is 2. The molecule has 0 spiro atoms. The molecular formula is C27H27F4N5O3. The summed E-state index contributed by atoms with van der Waals surface area (Å²) >= 11 is 0. The van der Waals surface area contributed by atoms with Gasteiger partial charge in [0.1, 0.15) is 17.6 Å². The average molecular weight is 546 g/mol. The number of rotatable bonds is 3. The van der Waals surface area contributed by atoms with Gasteiger partial charge < -0.3 is 14.6 Å². The number of amides is 2. The molecule has 2 saturated heterocycles. The highest BCUT2D eigenvalue weighted by Crippen LogP contribution is 2.34. The predicted octanol–water partition coefficient (Wildman–Crippen LogP) is 3.97. The zero-order valence-corrected chi connectivity index (χ0v) is 20.9. The van der Waals surface area contributed by atoms with Crippen molar-refractivity contribution in [3.8, 4) is 11.5 Å². The number of oxazole rings is 1. The van der Waals surface area contributed by atoms with Gasteiger partial charge in [-0.1, -0.05) is 12.8 Å². The van der Waals surface area contributed by atoms with Crippen molar-refractivity contribution in [2.45, 2.75) is 44.2 Å². The quantitative estimate of drug-likeness (QED) is 0.484. The minimum absolute atomic E-state index is 0.0302. The second kappa shape index (κ2) is 9.91. The Labute approximate surface area is 221 Å². The molecule has 3 aliphatic rings. The summed E-state index contributed by atoms with van der Waals surface area (Å²) in [6.45, 7) is 2.14. The lowest BCUT2D eigenvalue weighted by molar-refractivity contribution is -0.140. The Hall–Kier alpha value is -3.51. The predicted molar refractivity (Wildman–Crippen MR) is 133 cm³/mol. The molecule has 3 heterocycles. The Morgan fingerprint density at radius 3 is 2.54 bits per heavy atom. The normalized spacial score (nSPS) is 24.5. The van der Waals surface area contributed by atoms with Gasteiger partial charge in [-0.15, -0.1) is 0 Å². The molecule has 12 heteroatoms. The van der Waals surface area contributed by atoms with Gasteiger partial charge in [-0.05, 0) is 49.2 Å². The van der Waals surface area contributed by atoms with Crippen molar-refractivity contribution in [3.05, 3.63) is 53.3 Å². The van der Waals surface area contributed by atoms with E-state index in [2.05, 4.69) is 20.5 Å². The van der Waals surface area contributed by atoms with Crippen LogP contribution in [-0.4, -0.2) is 65.1 Å². The van der Waals surface area contributed by atoms with E-state index in [1.165, 1.54) is 6.07 Å². The molecule has 1 aromatic heterocycles. The van der Waals surface area contributed by atoms with Crippen molar-refractivity contribution in [1.82, 2.24) is 25.4 Å². The van der Waals surface area contributed by atoms with Crippen LogP contribution in [0.25, 0.3) is 22.6 Å². The van der Waals surface area contributed by atoms with Crippen molar-refractivity contribution in [2.24, 2.45) is 5.92 Å². The summed E-state index contributed by atoms with van der Waals surface area (Å²) in [6.07, 6.45) is -0.938. The molecule has 0 bridgehead atoms. The third-order valence-electron chi connectivity index (χ3n) is 7.88. The Kier molecular flexibility index (Phi) is 6.54. The molecular weight excluding hydrogens is 518 g/mol. The van der Waals surface area contributed by atoms with Gasteiger partial charge in [-0.25, -0.2) is 9.37 Å². The highest BCUT2D eigenvalue weighted by molar-refractivity contribution is 5.97. The molecule has 2 N–H and O–H groups in total. The minimum Gasteiger partial charge on any atom is -0.436 e. The molecule has 39 heavy (non-hydrogen) atoms. The molecule has 1 aliphatic carbocycles. The van der Waals surface area contributed by atoms with Crippen LogP contribution in [-0.2, 0) is 11.0 Å². The summed E-state index contributed by atoms with van der Waals surface area (Å²) in [7, 11) is 0. The van der Waals surface area contributed by atoms with E-state index in [1.807, 2.05) is 0 Å². The molecule has 206 valence electrons. The number of hydrogen-bond donors (Lipinski definition) is 2. The van der Waals surface area contributed by atoms with Gasteiger partial charge in [-0.2, -0.15) is 13.2 Å². The van der Waals surface area contributed by atoms with Crippen LogP contribution < -0.4 is 10.6 Å². The maximum Gasteiger partial charge on any atom is 0.419 e. The smallest absolute Gasteiger partial charge is 0.419 e. The van der Waals surface area contributed by atoms with Crippen LogP contribution in [0, 0.1) is 11.7 Å². The lowest BCUT2D eigenvalue weighted by Gasteiger charge is -2.46. The third-order valence-corrected chi connectivity index (χ3v) is 7.88. The zero-order valence-electron chi connectivity index (χ0n) is 20.9. The molecule has 3 fully saturated rings. The van der Waals surface area contributed by atoms with Crippen LogP contribution in [0.2, 0.25) is 0 Å². The SMILES string of the molecule is O=C1NC(N2CCN(C(=O)c3ccc4nc(-c5ccc(C(F)(F)F)c(F)c5)oc4c3)CC2)NC2CCCCC12. The second-order valence-corrected chi connectivity index (χ2v) is 10.3. The van der Waals surface area contributed by atoms with Gasteiger partial charge >= 0.3 is 6.18 Å².